The van der Waals surface area contributed by atoms with Gasteiger partial charge in [-0.2, -0.15) is 0 Å². The van der Waals surface area contributed by atoms with Gasteiger partial charge in [0.1, 0.15) is 5.69 Å². The van der Waals surface area contributed by atoms with Crippen molar-refractivity contribution in [2.75, 3.05) is 13.7 Å². The molecule has 0 saturated heterocycles. The van der Waals surface area contributed by atoms with Gasteiger partial charge >= 0.3 is 5.97 Å². The fourth-order valence-electron chi connectivity index (χ4n) is 1.26. The molecule has 0 radical (unpaired) electrons. The number of ether oxygens (including phenoxy) is 1. The molecule has 98 valence electrons. The molecule has 0 aliphatic heterocycles. The Hall–Kier alpha value is -2.02. The van der Waals surface area contributed by atoms with E-state index in [9.17, 15) is 9.59 Å². The summed E-state index contributed by atoms with van der Waals surface area (Å²) in [5, 5.41) is 11.4. The molecule has 0 saturated carbocycles. The fraction of sp³-hybridized carbons (Fsp3) is 0.455. The first kappa shape index (κ1) is 14.0. The highest BCUT2D eigenvalue weighted by Crippen LogP contribution is 2.06. The number of carbonyl (C=O) groups is 2. The van der Waals surface area contributed by atoms with Crippen LogP contribution in [-0.2, 0) is 9.53 Å². The lowest BCUT2D eigenvalue weighted by atomic mass is 10.0. The number of hydrogen-bond donors (Lipinski definition) is 2. The Morgan fingerprint density at radius 1 is 1.44 bits per heavy atom. The van der Waals surface area contributed by atoms with Gasteiger partial charge in [0.05, 0.1) is 18.5 Å². The average Bonchev–Trinajstić information content (AvgIpc) is 2.29. The number of hydrogen-bond acceptors (Lipinski definition) is 5. The third-order valence-corrected chi connectivity index (χ3v) is 2.31. The van der Waals surface area contributed by atoms with E-state index >= 15 is 0 Å². The van der Waals surface area contributed by atoms with Crippen LogP contribution < -0.4 is 5.32 Å². The van der Waals surface area contributed by atoms with E-state index in [1.807, 2.05) is 0 Å². The largest absolute Gasteiger partial charge is 0.479 e. The van der Waals surface area contributed by atoms with E-state index in [-0.39, 0.29) is 12.3 Å². The van der Waals surface area contributed by atoms with E-state index in [0.29, 0.717) is 5.69 Å². The maximum atomic E-state index is 11.8. The summed E-state index contributed by atoms with van der Waals surface area (Å²) in [7, 11) is 1.36. The Labute approximate surface area is 104 Å². The number of rotatable bonds is 5. The molecule has 7 heteroatoms. The molecular weight excluding hydrogens is 238 g/mol. The van der Waals surface area contributed by atoms with Gasteiger partial charge in [-0.3, -0.25) is 9.78 Å². The average molecular weight is 253 g/mol. The second kappa shape index (κ2) is 5.54. The van der Waals surface area contributed by atoms with Crippen molar-refractivity contribution < 1.29 is 19.4 Å². The lowest BCUT2D eigenvalue weighted by Crippen LogP contribution is -2.55. The van der Waals surface area contributed by atoms with Crippen LogP contribution >= 0.6 is 0 Å². The number of carboxylic acids is 1. The van der Waals surface area contributed by atoms with Crippen molar-refractivity contribution in [1.29, 1.82) is 0 Å². The number of aryl methyl sites for hydroxylation is 1. The number of carboxylic acid groups (broad SMARTS) is 1. The van der Waals surface area contributed by atoms with Gasteiger partial charge in [-0.05, 0) is 13.8 Å². The van der Waals surface area contributed by atoms with E-state index in [2.05, 4.69) is 15.3 Å². The van der Waals surface area contributed by atoms with Crippen LogP contribution in [-0.4, -0.2) is 46.2 Å². The van der Waals surface area contributed by atoms with Crippen molar-refractivity contribution in [3.05, 3.63) is 23.8 Å². The second-order valence-corrected chi connectivity index (χ2v) is 4.07. The lowest BCUT2D eigenvalue weighted by Gasteiger charge is -2.24. The number of nitrogens with one attached hydrogen (secondary N) is 1. The zero-order valence-electron chi connectivity index (χ0n) is 10.4. The highest BCUT2D eigenvalue weighted by Gasteiger charge is 2.35. The minimum Gasteiger partial charge on any atom is -0.479 e. The maximum Gasteiger partial charge on any atom is 0.331 e. The lowest BCUT2D eigenvalue weighted by molar-refractivity contribution is -0.145. The summed E-state index contributed by atoms with van der Waals surface area (Å²) < 4.78 is 4.79. The number of aromatic nitrogens is 2. The molecule has 18 heavy (non-hydrogen) atoms. The molecule has 2 N–H and O–H groups in total. The molecule has 1 unspecified atom stereocenters. The minimum atomic E-state index is -1.50. The quantitative estimate of drug-likeness (QED) is 0.766. The number of nitrogens with zero attached hydrogens (tertiary/aromatic N) is 2. The Morgan fingerprint density at radius 2 is 2.11 bits per heavy atom. The van der Waals surface area contributed by atoms with Gasteiger partial charge in [0.25, 0.3) is 5.91 Å². The Bertz CT molecular complexity index is 446. The van der Waals surface area contributed by atoms with Crippen LogP contribution in [0, 0.1) is 6.92 Å². The smallest absolute Gasteiger partial charge is 0.331 e. The van der Waals surface area contributed by atoms with Gasteiger partial charge in [0.2, 0.25) is 0 Å². The zero-order valence-corrected chi connectivity index (χ0v) is 10.4. The standard InChI is InChI=1S/C11H15N3O4/c1-7-4-13-8(5-12-7)9(15)14-11(2,6-18-3)10(16)17/h4-5H,6H2,1-3H3,(H,14,15)(H,16,17). The molecular formula is C11H15N3O4. The molecule has 1 aromatic heterocycles. The van der Waals surface area contributed by atoms with Gasteiger partial charge in [-0.1, -0.05) is 0 Å². The van der Waals surface area contributed by atoms with Crippen LogP contribution in [0.15, 0.2) is 12.4 Å². The Kier molecular flexibility index (Phi) is 4.33. The van der Waals surface area contributed by atoms with Crippen molar-refractivity contribution >= 4 is 11.9 Å². The molecule has 0 fully saturated rings. The van der Waals surface area contributed by atoms with Crippen LogP contribution in [0.25, 0.3) is 0 Å². The van der Waals surface area contributed by atoms with E-state index in [1.54, 1.807) is 6.92 Å². The van der Waals surface area contributed by atoms with Gasteiger partial charge in [-0.15, -0.1) is 0 Å². The minimum absolute atomic E-state index is 0.0594. The van der Waals surface area contributed by atoms with Gasteiger partial charge in [-0.25, -0.2) is 9.78 Å². The molecule has 0 aliphatic rings. The summed E-state index contributed by atoms with van der Waals surface area (Å²) >= 11 is 0. The topological polar surface area (TPSA) is 101 Å². The van der Waals surface area contributed by atoms with Crippen molar-refractivity contribution in [2.45, 2.75) is 19.4 Å². The van der Waals surface area contributed by atoms with Crippen molar-refractivity contribution in [2.24, 2.45) is 0 Å². The molecule has 1 amide bonds. The zero-order chi connectivity index (χ0) is 13.8. The molecule has 7 nitrogen and oxygen atoms in total. The van der Waals surface area contributed by atoms with Crippen molar-refractivity contribution in [3.8, 4) is 0 Å². The molecule has 1 heterocycles. The molecule has 0 spiro atoms. The molecule has 1 atom stereocenters. The van der Waals surface area contributed by atoms with Crippen LogP contribution in [0.1, 0.15) is 23.1 Å². The second-order valence-electron chi connectivity index (χ2n) is 4.07. The summed E-state index contributed by atoms with van der Waals surface area (Å²) in [5.41, 5.74) is -0.771. The van der Waals surface area contributed by atoms with Gasteiger partial charge in [0, 0.05) is 13.3 Å². The molecule has 1 aromatic rings. The first-order valence-electron chi connectivity index (χ1n) is 5.22. The Balaban J connectivity index is 2.85. The first-order valence-corrected chi connectivity index (χ1v) is 5.22. The van der Waals surface area contributed by atoms with Crippen molar-refractivity contribution in [1.82, 2.24) is 15.3 Å². The number of amides is 1. The van der Waals surface area contributed by atoms with Gasteiger partial charge in [0.15, 0.2) is 5.54 Å². The summed E-state index contributed by atoms with van der Waals surface area (Å²) in [4.78, 5) is 30.7. The monoisotopic (exact) mass is 253 g/mol. The third kappa shape index (κ3) is 3.24. The predicted molar refractivity (Wildman–Crippen MR) is 62.2 cm³/mol. The SMILES string of the molecule is COCC(C)(NC(=O)c1cnc(C)cn1)C(=O)O. The normalized spacial score (nSPS) is 13.7. The van der Waals surface area contributed by atoms with Crippen molar-refractivity contribution in [3.63, 3.8) is 0 Å². The van der Waals surface area contributed by atoms with Crippen LogP contribution in [0.4, 0.5) is 0 Å². The van der Waals surface area contributed by atoms with Crippen LogP contribution in [0.2, 0.25) is 0 Å². The number of carbonyl (C=O) groups excluding carboxylic acids is 1. The molecule has 1 rings (SSSR count). The summed E-state index contributed by atoms with van der Waals surface area (Å²) in [5.74, 6) is -1.79. The number of methoxy groups -OCH3 is 1. The Morgan fingerprint density at radius 3 is 2.56 bits per heavy atom. The molecule has 0 aromatic carbocycles. The number of aliphatic carboxylic acids is 1. The summed E-state index contributed by atoms with van der Waals surface area (Å²) in [6.07, 6.45) is 2.73. The summed E-state index contributed by atoms with van der Waals surface area (Å²) in [6, 6.07) is 0. The highest BCUT2D eigenvalue weighted by molar-refractivity contribution is 5.96. The van der Waals surface area contributed by atoms with E-state index in [0.717, 1.165) is 0 Å². The highest BCUT2D eigenvalue weighted by atomic mass is 16.5. The van der Waals surface area contributed by atoms with Crippen LogP contribution in [0.5, 0.6) is 0 Å². The maximum absolute atomic E-state index is 11.8. The van der Waals surface area contributed by atoms with E-state index in [1.165, 1.54) is 26.4 Å². The van der Waals surface area contributed by atoms with Crippen LogP contribution in [0.3, 0.4) is 0 Å². The first-order chi connectivity index (χ1) is 8.39. The summed E-state index contributed by atoms with van der Waals surface area (Å²) in [6.45, 7) is 2.95. The van der Waals surface area contributed by atoms with Gasteiger partial charge < -0.3 is 15.2 Å². The van der Waals surface area contributed by atoms with E-state index in [4.69, 9.17) is 9.84 Å². The molecule has 0 bridgehead atoms. The van der Waals surface area contributed by atoms with E-state index < -0.39 is 17.4 Å². The third-order valence-electron chi connectivity index (χ3n) is 2.31. The fourth-order valence-corrected chi connectivity index (χ4v) is 1.26. The predicted octanol–water partition coefficient (Wildman–Crippen LogP) is 0.00452. The molecule has 0 aliphatic carbocycles.